The van der Waals surface area contributed by atoms with Gasteiger partial charge in [-0.25, -0.2) is 4.21 Å². The maximum absolute atomic E-state index is 13.0. The van der Waals surface area contributed by atoms with Crippen LogP contribution in [0.5, 0.6) is 5.75 Å². The van der Waals surface area contributed by atoms with Gasteiger partial charge in [0.25, 0.3) is 6.10 Å². The van der Waals surface area contributed by atoms with Gasteiger partial charge < -0.3 is 9.29 Å². The van der Waals surface area contributed by atoms with Crippen molar-refractivity contribution >= 4 is 11.1 Å². The van der Waals surface area contributed by atoms with Crippen LogP contribution in [-0.4, -0.2) is 26.3 Å². The Hall–Kier alpha value is -1.22. The van der Waals surface area contributed by atoms with E-state index in [0.717, 1.165) is 12.1 Å². The van der Waals surface area contributed by atoms with Crippen molar-refractivity contribution in [2.45, 2.75) is 17.5 Å². The fourth-order valence-electron chi connectivity index (χ4n) is 1.05. The Bertz CT molecular complexity index is 420. The van der Waals surface area contributed by atoms with Gasteiger partial charge in [0, 0.05) is 0 Å². The minimum absolute atomic E-state index is 0.482. The minimum Gasteiger partial charge on any atom is -0.473 e. The van der Waals surface area contributed by atoms with E-state index in [-0.39, 0.29) is 0 Å². The summed E-state index contributed by atoms with van der Waals surface area (Å²) in [6, 6.07) is 6.04. The van der Waals surface area contributed by atoms with Crippen molar-refractivity contribution in [1.29, 1.82) is 0 Å². The summed E-state index contributed by atoms with van der Waals surface area (Å²) in [6.45, 7) is 0. The number of hydrogen-bond acceptors (Lipinski definition) is 2. The van der Waals surface area contributed by atoms with Crippen LogP contribution in [0.3, 0.4) is 0 Å². The zero-order valence-corrected chi connectivity index (χ0v) is 9.34. The Balaban J connectivity index is 3.05. The van der Waals surface area contributed by atoms with E-state index >= 15 is 0 Å². The van der Waals surface area contributed by atoms with E-state index in [2.05, 4.69) is 4.74 Å². The Kier molecular flexibility index (Phi) is 4.28. The van der Waals surface area contributed by atoms with Crippen molar-refractivity contribution in [1.82, 2.24) is 0 Å². The van der Waals surface area contributed by atoms with Crippen LogP contribution in [-0.2, 0) is 11.1 Å². The highest BCUT2D eigenvalue weighted by Gasteiger charge is 2.62. The van der Waals surface area contributed by atoms with Crippen LogP contribution in [0.1, 0.15) is 0 Å². The Morgan fingerprint density at radius 2 is 1.61 bits per heavy atom. The molecule has 0 aliphatic rings. The summed E-state index contributed by atoms with van der Waals surface area (Å²) < 4.78 is 85.8. The molecule has 0 aliphatic heterocycles. The third-order valence-electron chi connectivity index (χ3n) is 1.83. The lowest BCUT2D eigenvalue weighted by Crippen LogP contribution is -2.51. The van der Waals surface area contributed by atoms with Gasteiger partial charge in [-0.2, -0.15) is 22.0 Å². The zero-order chi connectivity index (χ0) is 14.0. The lowest BCUT2D eigenvalue weighted by molar-refractivity contribution is -0.237. The van der Waals surface area contributed by atoms with Gasteiger partial charge in [0.1, 0.15) is 5.75 Å². The second kappa shape index (κ2) is 5.19. The number of hydrogen-bond donors (Lipinski definition) is 1. The molecule has 1 aromatic carbocycles. The van der Waals surface area contributed by atoms with Crippen LogP contribution < -0.4 is 4.74 Å². The van der Waals surface area contributed by atoms with Crippen LogP contribution in [0.4, 0.5) is 22.0 Å². The molecular weight excluding hydrogens is 283 g/mol. The van der Waals surface area contributed by atoms with Gasteiger partial charge in [-0.1, -0.05) is 18.2 Å². The van der Waals surface area contributed by atoms with Gasteiger partial charge in [-0.15, -0.1) is 0 Å². The molecule has 3 nitrogen and oxygen atoms in total. The Morgan fingerprint density at radius 1 is 1.11 bits per heavy atom. The highest BCUT2D eigenvalue weighted by atomic mass is 32.2. The summed E-state index contributed by atoms with van der Waals surface area (Å²) in [5.41, 5.74) is 0. The van der Waals surface area contributed by atoms with Crippen molar-refractivity contribution in [2.24, 2.45) is 0 Å². The van der Waals surface area contributed by atoms with E-state index in [1.54, 1.807) is 0 Å². The van der Waals surface area contributed by atoms with Crippen molar-refractivity contribution in [3.05, 3.63) is 30.3 Å². The normalized spacial score (nSPS) is 16.1. The summed E-state index contributed by atoms with van der Waals surface area (Å²) >= 11 is -4.00. The number of para-hydroxylation sites is 1. The average molecular weight is 290 g/mol. The monoisotopic (exact) mass is 290 g/mol. The predicted molar refractivity (Wildman–Crippen MR) is 52.6 cm³/mol. The largest absolute Gasteiger partial charge is 0.473 e. The second-order valence-corrected chi connectivity index (χ2v) is 4.21. The maximum atomic E-state index is 13.0. The smallest absolute Gasteiger partial charge is 0.432 e. The van der Waals surface area contributed by atoms with Gasteiger partial charge >= 0.3 is 11.4 Å². The van der Waals surface area contributed by atoms with Crippen LogP contribution in [0.25, 0.3) is 0 Å². The fraction of sp³-hybridized carbons (Fsp3) is 0.333. The molecule has 1 rings (SSSR count). The third-order valence-corrected chi connectivity index (χ3v) is 2.51. The first-order chi connectivity index (χ1) is 8.15. The van der Waals surface area contributed by atoms with Crippen molar-refractivity contribution in [3.8, 4) is 5.75 Å². The predicted octanol–water partition coefficient (Wildman–Crippen LogP) is 2.81. The molecule has 1 aromatic rings. The highest BCUT2D eigenvalue weighted by molar-refractivity contribution is 7.80. The maximum Gasteiger partial charge on any atom is 0.432 e. The SMILES string of the molecule is O=S(O)C(F)(F)C(Oc1ccccc1)C(F)(F)F. The van der Waals surface area contributed by atoms with E-state index in [1.165, 1.54) is 18.2 Å². The van der Waals surface area contributed by atoms with E-state index in [0.29, 0.717) is 0 Å². The topological polar surface area (TPSA) is 46.5 Å². The first kappa shape index (κ1) is 14.8. The molecule has 18 heavy (non-hydrogen) atoms. The van der Waals surface area contributed by atoms with Gasteiger partial charge in [-0.3, -0.25) is 0 Å². The Labute approximate surface area is 101 Å². The molecular formula is C9H7F5O3S. The number of benzene rings is 1. The Morgan fingerprint density at radius 3 is 2.00 bits per heavy atom. The fourth-order valence-corrected chi connectivity index (χ4v) is 1.42. The van der Waals surface area contributed by atoms with E-state index < -0.39 is 34.4 Å². The minimum atomic E-state index is -5.49. The summed E-state index contributed by atoms with van der Waals surface area (Å²) in [6.07, 6.45) is -9.18. The van der Waals surface area contributed by atoms with Gasteiger partial charge in [0.15, 0.2) is 0 Å². The molecule has 0 radical (unpaired) electrons. The number of rotatable bonds is 4. The van der Waals surface area contributed by atoms with Gasteiger partial charge in [0.2, 0.25) is 11.1 Å². The summed E-state index contributed by atoms with van der Waals surface area (Å²) in [5, 5.41) is -4.96. The van der Waals surface area contributed by atoms with Crippen LogP contribution in [0, 0.1) is 0 Å². The molecule has 0 aromatic heterocycles. The quantitative estimate of drug-likeness (QED) is 0.685. The van der Waals surface area contributed by atoms with Crippen LogP contribution >= 0.6 is 0 Å². The molecule has 0 spiro atoms. The third kappa shape index (κ3) is 3.39. The standard InChI is InChI=1S/C9H7F5O3S/c10-8(11,12)7(9(13,14)18(15)16)17-6-4-2-1-3-5-6/h1-5,7H,(H,15,16). The van der Waals surface area contributed by atoms with E-state index in [9.17, 15) is 26.2 Å². The van der Waals surface area contributed by atoms with Crippen molar-refractivity contribution in [3.63, 3.8) is 0 Å². The molecule has 0 amide bonds. The molecule has 9 heteroatoms. The lowest BCUT2D eigenvalue weighted by atomic mass is 10.3. The second-order valence-electron chi connectivity index (χ2n) is 3.16. The van der Waals surface area contributed by atoms with Crippen LogP contribution in [0.2, 0.25) is 0 Å². The number of alkyl halides is 5. The van der Waals surface area contributed by atoms with Crippen molar-refractivity contribution < 1.29 is 35.5 Å². The number of ether oxygens (including phenoxy) is 1. The lowest BCUT2D eigenvalue weighted by Gasteiger charge is -2.26. The van der Waals surface area contributed by atoms with E-state index in [1.807, 2.05) is 0 Å². The molecule has 2 unspecified atom stereocenters. The molecule has 1 N–H and O–H groups in total. The summed E-state index contributed by atoms with van der Waals surface area (Å²) in [7, 11) is 0. The highest BCUT2D eigenvalue weighted by Crippen LogP contribution is 2.37. The molecule has 102 valence electrons. The first-order valence-electron chi connectivity index (χ1n) is 4.43. The summed E-state index contributed by atoms with van der Waals surface area (Å²) in [4.78, 5) is 0. The molecule has 2 atom stereocenters. The summed E-state index contributed by atoms with van der Waals surface area (Å²) in [5.74, 6) is -0.482. The zero-order valence-electron chi connectivity index (χ0n) is 8.53. The molecule has 0 saturated heterocycles. The number of halogens is 5. The van der Waals surface area contributed by atoms with Gasteiger partial charge in [-0.05, 0) is 12.1 Å². The molecule has 0 aliphatic carbocycles. The first-order valence-corrected chi connectivity index (χ1v) is 5.53. The van der Waals surface area contributed by atoms with Crippen molar-refractivity contribution in [2.75, 3.05) is 0 Å². The van der Waals surface area contributed by atoms with Crippen LogP contribution in [0.15, 0.2) is 30.3 Å². The molecule has 0 fully saturated rings. The molecule has 0 bridgehead atoms. The van der Waals surface area contributed by atoms with Gasteiger partial charge in [0.05, 0.1) is 0 Å². The molecule has 0 saturated carbocycles. The average Bonchev–Trinajstić information content (AvgIpc) is 2.25. The van der Waals surface area contributed by atoms with E-state index in [4.69, 9.17) is 4.55 Å². The molecule has 0 heterocycles.